The highest BCUT2D eigenvalue weighted by Crippen LogP contribution is 2.21. The zero-order valence-corrected chi connectivity index (χ0v) is 13.2. The number of hydrogen-bond acceptors (Lipinski definition) is 3. The lowest BCUT2D eigenvalue weighted by Gasteiger charge is -2.17. The van der Waals surface area contributed by atoms with Gasteiger partial charge < -0.3 is 5.11 Å². The molecule has 0 saturated carbocycles. The van der Waals surface area contributed by atoms with Gasteiger partial charge in [0.15, 0.2) is 0 Å². The van der Waals surface area contributed by atoms with E-state index in [1.54, 1.807) is 30.3 Å². The smallest absolute Gasteiger partial charge is 0.241 e. The number of sulfonamides is 1. The summed E-state index contributed by atoms with van der Waals surface area (Å²) in [6.45, 7) is -0.309. The van der Waals surface area contributed by atoms with E-state index in [0.29, 0.717) is 0 Å². The summed E-state index contributed by atoms with van der Waals surface area (Å²) in [4.78, 5) is 0.186. The standard InChI is InChI=1S/C18H17NO3S/c20-13-18(15-7-2-1-3-8-15)19-23(21,22)17-11-10-14-6-4-5-9-16(14)12-17/h1-12,18-20H,13H2. The largest absolute Gasteiger partial charge is 0.394 e. The monoisotopic (exact) mass is 327 g/mol. The van der Waals surface area contributed by atoms with Crippen LogP contribution in [0.3, 0.4) is 0 Å². The van der Waals surface area contributed by atoms with Crippen molar-refractivity contribution in [3.05, 3.63) is 78.4 Å². The molecular formula is C18H17NO3S. The summed E-state index contributed by atoms with van der Waals surface area (Å²) < 4.78 is 27.8. The fourth-order valence-corrected chi connectivity index (χ4v) is 3.74. The molecule has 0 saturated heterocycles. The molecule has 4 nitrogen and oxygen atoms in total. The summed E-state index contributed by atoms with van der Waals surface area (Å²) in [5.74, 6) is 0. The van der Waals surface area contributed by atoms with Crippen molar-refractivity contribution in [2.75, 3.05) is 6.61 Å². The molecule has 0 fully saturated rings. The molecule has 0 aliphatic heterocycles. The normalized spacial score (nSPS) is 13.1. The number of rotatable bonds is 5. The highest BCUT2D eigenvalue weighted by molar-refractivity contribution is 7.89. The average Bonchev–Trinajstić information content (AvgIpc) is 2.60. The fraction of sp³-hybridized carbons (Fsp3) is 0.111. The van der Waals surface area contributed by atoms with Crippen LogP contribution in [0.4, 0.5) is 0 Å². The lowest BCUT2D eigenvalue weighted by Crippen LogP contribution is -2.30. The molecular weight excluding hydrogens is 310 g/mol. The van der Waals surface area contributed by atoms with Gasteiger partial charge in [-0.25, -0.2) is 13.1 Å². The lowest BCUT2D eigenvalue weighted by molar-refractivity contribution is 0.259. The van der Waals surface area contributed by atoms with Crippen LogP contribution in [0.25, 0.3) is 10.8 Å². The Hall–Kier alpha value is -2.21. The molecule has 3 aromatic rings. The van der Waals surface area contributed by atoms with E-state index in [1.807, 2.05) is 42.5 Å². The number of benzene rings is 3. The van der Waals surface area contributed by atoms with Crippen LogP contribution in [0.2, 0.25) is 0 Å². The van der Waals surface area contributed by atoms with Crippen molar-refractivity contribution in [3.8, 4) is 0 Å². The Morgan fingerprint density at radius 1 is 0.870 bits per heavy atom. The number of aliphatic hydroxyl groups is 1. The van der Waals surface area contributed by atoms with E-state index in [2.05, 4.69) is 4.72 Å². The van der Waals surface area contributed by atoms with Gasteiger partial charge in [0.05, 0.1) is 17.5 Å². The Bertz CT molecular complexity index is 908. The average molecular weight is 327 g/mol. The van der Waals surface area contributed by atoms with Crippen molar-refractivity contribution in [1.82, 2.24) is 4.72 Å². The molecule has 118 valence electrons. The Morgan fingerprint density at radius 2 is 1.52 bits per heavy atom. The quantitative estimate of drug-likeness (QED) is 0.757. The molecule has 0 aliphatic carbocycles. The van der Waals surface area contributed by atoms with Gasteiger partial charge in [0, 0.05) is 0 Å². The molecule has 3 aromatic carbocycles. The van der Waals surface area contributed by atoms with Crippen LogP contribution >= 0.6 is 0 Å². The van der Waals surface area contributed by atoms with Crippen molar-refractivity contribution < 1.29 is 13.5 Å². The second-order valence-corrected chi connectivity index (χ2v) is 6.99. The van der Waals surface area contributed by atoms with E-state index in [0.717, 1.165) is 16.3 Å². The first-order valence-electron chi connectivity index (χ1n) is 7.27. The minimum atomic E-state index is -3.72. The highest BCUT2D eigenvalue weighted by Gasteiger charge is 2.21. The molecule has 0 spiro atoms. The van der Waals surface area contributed by atoms with Gasteiger partial charge in [-0.2, -0.15) is 0 Å². The zero-order valence-electron chi connectivity index (χ0n) is 12.4. The molecule has 23 heavy (non-hydrogen) atoms. The van der Waals surface area contributed by atoms with Gasteiger partial charge in [0.1, 0.15) is 0 Å². The Labute approximate surface area is 135 Å². The summed E-state index contributed by atoms with van der Waals surface area (Å²) in [7, 11) is -3.72. The molecule has 5 heteroatoms. The third-order valence-corrected chi connectivity index (χ3v) is 5.18. The second kappa shape index (κ2) is 6.50. The van der Waals surface area contributed by atoms with Gasteiger partial charge in [-0.1, -0.05) is 60.7 Å². The molecule has 0 bridgehead atoms. The predicted octanol–water partition coefficient (Wildman–Crippen LogP) is 2.85. The Kier molecular flexibility index (Phi) is 4.43. The number of fused-ring (bicyclic) bond motifs is 1. The molecule has 1 atom stereocenters. The summed E-state index contributed by atoms with van der Waals surface area (Å²) >= 11 is 0. The first kappa shape index (κ1) is 15.7. The molecule has 0 amide bonds. The summed E-state index contributed by atoms with van der Waals surface area (Å²) in [5.41, 5.74) is 0.722. The Balaban J connectivity index is 1.93. The van der Waals surface area contributed by atoms with Gasteiger partial charge >= 0.3 is 0 Å². The van der Waals surface area contributed by atoms with E-state index in [9.17, 15) is 13.5 Å². The number of nitrogens with one attached hydrogen (secondary N) is 1. The van der Waals surface area contributed by atoms with Crippen molar-refractivity contribution in [3.63, 3.8) is 0 Å². The number of aliphatic hydroxyl groups excluding tert-OH is 1. The van der Waals surface area contributed by atoms with Crippen molar-refractivity contribution in [2.24, 2.45) is 0 Å². The van der Waals surface area contributed by atoms with E-state index in [4.69, 9.17) is 0 Å². The maximum absolute atomic E-state index is 12.6. The third-order valence-electron chi connectivity index (χ3n) is 3.71. The van der Waals surface area contributed by atoms with Crippen LogP contribution in [0.1, 0.15) is 11.6 Å². The molecule has 3 rings (SSSR count). The molecule has 0 aliphatic rings. The van der Waals surface area contributed by atoms with Crippen LogP contribution in [-0.4, -0.2) is 20.1 Å². The third kappa shape index (κ3) is 3.42. The summed E-state index contributed by atoms with van der Waals surface area (Å²) in [5, 5.41) is 11.4. The highest BCUT2D eigenvalue weighted by atomic mass is 32.2. The van der Waals surface area contributed by atoms with Crippen molar-refractivity contribution >= 4 is 20.8 Å². The Morgan fingerprint density at radius 3 is 2.22 bits per heavy atom. The van der Waals surface area contributed by atoms with Crippen LogP contribution < -0.4 is 4.72 Å². The van der Waals surface area contributed by atoms with Gasteiger partial charge in [0.2, 0.25) is 10.0 Å². The SMILES string of the molecule is O=S(=O)(NC(CO)c1ccccc1)c1ccc2ccccc2c1. The predicted molar refractivity (Wildman–Crippen MR) is 90.5 cm³/mol. The molecule has 1 unspecified atom stereocenters. The van der Waals surface area contributed by atoms with E-state index in [1.165, 1.54) is 0 Å². The van der Waals surface area contributed by atoms with Crippen molar-refractivity contribution in [1.29, 1.82) is 0 Å². The minimum absolute atomic E-state index is 0.186. The molecule has 0 heterocycles. The molecule has 0 aromatic heterocycles. The second-order valence-electron chi connectivity index (χ2n) is 5.28. The molecule has 0 radical (unpaired) electrons. The minimum Gasteiger partial charge on any atom is -0.394 e. The van der Waals surface area contributed by atoms with Gasteiger partial charge in [0.25, 0.3) is 0 Å². The van der Waals surface area contributed by atoms with E-state index in [-0.39, 0.29) is 11.5 Å². The maximum Gasteiger partial charge on any atom is 0.241 e. The van der Waals surface area contributed by atoms with Crippen LogP contribution in [0, 0.1) is 0 Å². The summed E-state index contributed by atoms with van der Waals surface area (Å²) in [6.07, 6.45) is 0. The first-order chi connectivity index (χ1) is 11.1. The van der Waals surface area contributed by atoms with E-state index < -0.39 is 16.1 Å². The van der Waals surface area contributed by atoms with E-state index >= 15 is 0 Å². The van der Waals surface area contributed by atoms with Crippen LogP contribution in [0.15, 0.2) is 77.7 Å². The van der Waals surface area contributed by atoms with Crippen LogP contribution in [0.5, 0.6) is 0 Å². The topological polar surface area (TPSA) is 66.4 Å². The summed E-state index contributed by atoms with van der Waals surface area (Å²) in [6, 6.07) is 20.9. The molecule has 2 N–H and O–H groups in total. The van der Waals surface area contributed by atoms with Gasteiger partial charge in [-0.3, -0.25) is 0 Å². The first-order valence-corrected chi connectivity index (χ1v) is 8.75. The van der Waals surface area contributed by atoms with Crippen LogP contribution in [-0.2, 0) is 10.0 Å². The maximum atomic E-state index is 12.6. The van der Waals surface area contributed by atoms with Gasteiger partial charge in [-0.05, 0) is 28.5 Å². The van der Waals surface area contributed by atoms with Crippen molar-refractivity contribution in [2.45, 2.75) is 10.9 Å². The fourth-order valence-electron chi connectivity index (χ4n) is 2.49. The zero-order chi connectivity index (χ0) is 16.3. The lowest BCUT2D eigenvalue weighted by atomic mass is 10.1. The number of hydrogen-bond donors (Lipinski definition) is 2. The van der Waals surface area contributed by atoms with Gasteiger partial charge in [-0.15, -0.1) is 0 Å².